The van der Waals surface area contributed by atoms with Gasteiger partial charge in [0, 0.05) is 16.3 Å². The lowest BCUT2D eigenvalue weighted by Crippen LogP contribution is -2.26. The number of para-hydroxylation sites is 1. The number of halogens is 3. The Morgan fingerprint density at radius 2 is 1.22 bits per heavy atom. The SMILES string of the molecule is FC(F)(F)c1ccc2c(c1)C1(c3ccccc3-2)c2ccccc2-c2c1ccc1c2oc2ccccc21. The zero-order valence-electron chi connectivity index (χ0n) is 18.9. The standard InChI is InChI=1S/C32H17F3O/c33-32(34,35)18-13-14-20-19-7-1-4-10-24(19)31(27(20)17-18)25-11-5-2-9-23(25)29-26(31)16-15-22-21-8-3-6-12-28(21)36-30(22)29/h1-17H. The molecule has 0 bridgehead atoms. The third-order valence-corrected chi connectivity index (χ3v) is 7.92. The van der Waals surface area contributed by atoms with Crippen LogP contribution >= 0.6 is 0 Å². The lowest BCUT2D eigenvalue weighted by Gasteiger charge is -2.30. The van der Waals surface area contributed by atoms with Crippen LogP contribution in [0.2, 0.25) is 0 Å². The first-order valence-electron chi connectivity index (χ1n) is 11.9. The minimum absolute atomic E-state index is 0.635. The lowest BCUT2D eigenvalue weighted by atomic mass is 9.70. The molecule has 0 amide bonds. The Kier molecular flexibility index (Phi) is 3.58. The number of fused-ring (bicyclic) bond motifs is 14. The molecule has 0 fully saturated rings. The predicted molar refractivity (Wildman–Crippen MR) is 135 cm³/mol. The molecule has 0 radical (unpaired) electrons. The van der Waals surface area contributed by atoms with Gasteiger partial charge in [0.15, 0.2) is 0 Å². The fraction of sp³-hybridized carbons (Fsp3) is 0.0625. The summed E-state index contributed by atoms with van der Waals surface area (Å²) in [4.78, 5) is 0. The highest BCUT2D eigenvalue weighted by molar-refractivity contribution is 6.13. The lowest BCUT2D eigenvalue weighted by molar-refractivity contribution is -0.137. The zero-order valence-corrected chi connectivity index (χ0v) is 18.9. The third kappa shape index (κ3) is 2.23. The highest BCUT2D eigenvalue weighted by Gasteiger charge is 2.53. The largest absolute Gasteiger partial charge is 0.455 e. The van der Waals surface area contributed by atoms with E-state index in [9.17, 15) is 13.2 Å². The van der Waals surface area contributed by atoms with E-state index >= 15 is 0 Å². The fourth-order valence-corrected chi connectivity index (χ4v) is 6.58. The summed E-state index contributed by atoms with van der Waals surface area (Å²) in [6.45, 7) is 0. The molecule has 8 rings (SSSR count). The second-order valence-electron chi connectivity index (χ2n) is 9.56. The number of benzene rings is 5. The van der Waals surface area contributed by atoms with Gasteiger partial charge in [-0.25, -0.2) is 0 Å². The molecule has 172 valence electrons. The molecule has 1 unspecified atom stereocenters. The van der Waals surface area contributed by atoms with E-state index in [0.29, 0.717) is 5.56 Å². The van der Waals surface area contributed by atoms with Gasteiger partial charge in [-0.1, -0.05) is 84.9 Å². The maximum Gasteiger partial charge on any atom is 0.416 e. The number of hydrogen-bond acceptors (Lipinski definition) is 1. The molecule has 5 aromatic carbocycles. The first-order valence-corrected chi connectivity index (χ1v) is 11.9. The molecule has 4 heteroatoms. The summed E-state index contributed by atoms with van der Waals surface area (Å²) >= 11 is 0. The van der Waals surface area contributed by atoms with Gasteiger partial charge in [0.25, 0.3) is 0 Å². The average Bonchev–Trinajstić information content (AvgIpc) is 3.51. The summed E-state index contributed by atoms with van der Waals surface area (Å²) in [7, 11) is 0. The van der Waals surface area contributed by atoms with Gasteiger partial charge in [-0.15, -0.1) is 0 Å². The van der Waals surface area contributed by atoms with Crippen LogP contribution in [0.3, 0.4) is 0 Å². The Labute approximate surface area is 204 Å². The Morgan fingerprint density at radius 1 is 0.556 bits per heavy atom. The van der Waals surface area contributed by atoms with Crippen molar-refractivity contribution in [1.82, 2.24) is 0 Å². The van der Waals surface area contributed by atoms with Gasteiger partial charge in [0.1, 0.15) is 11.2 Å². The smallest absolute Gasteiger partial charge is 0.416 e. The maximum atomic E-state index is 14.0. The first kappa shape index (κ1) is 19.9. The van der Waals surface area contributed by atoms with Gasteiger partial charge in [0.2, 0.25) is 0 Å². The van der Waals surface area contributed by atoms with Gasteiger partial charge < -0.3 is 4.42 Å². The number of alkyl halides is 3. The molecule has 1 aromatic heterocycles. The predicted octanol–water partition coefficient (Wildman–Crippen LogP) is 8.95. The molecule has 0 saturated heterocycles. The molecule has 1 atom stereocenters. The van der Waals surface area contributed by atoms with Crippen molar-refractivity contribution in [2.45, 2.75) is 11.6 Å². The van der Waals surface area contributed by atoms with E-state index in [2.05, 4.69) is 30.3 Å². The van der Waals surface area contributed by atoms with Gasteiger partial charge in [-0.05, 0) is 57.1 Å². The minimum atomic E-state index is -4.44. The highest BCUT2D eigenvalue weighted by atomic mass is 19.4. The summed E-state index contributed by atoms with van der Waals surface area (Å²) in [6.07, 6.45) is -4.44. The highest BCUT2D eigenvalue weighted by Crippen LogP contribution is 2.64. The first-order chi connectivity index (χ1) is 17.5. The zero-order chi connectivity index (χ0) is 24.2. The van der Waals surface area contributed by atoms with Gasteiger partial charge in [-0.3, -0.25) is 0 Å². The molecule has 1 spiro atoms. The summed E-state index contributed by atoms with van der Waals surface area (Å²) in [5.74, 6) is 0. The number of furan rings is 1. The van der Waals surface area contributed by atoms with Crippen LogP contribution in [0.4, 0.5) is 13.2 Å². The van der Waals surface area contributed by atoms with Crippen LogP contribution in [-0.4, -0.2) is 0 Å². The van der Waals surface area contributed by atoms with Crippen LogP contribution in [0, 0.1) is 0 Å². The fourth-order valence-electron chi connectivity index (χ4n) is 6.58. The molecule has 0 saturated carbocycles. The van der Waals surface area contributed by atoms with Crippen molar-refractivity contribution in [3.63, 3.8) is 0 Å². The second kappa shape index (κ2) is 6.46. The quantitative estimate of drug-likeness (QED) is 0.214. The molecule has 0 N–H and O–H groups in total. The Morgan fingerprint density at radius 3 is 2.03 bits per heavy atom. The van der Waals surface area contributed by atoms with Gasteiger partial charge in [-0.2, -0.15) is 13.2 Å². The molecule has 6 aromatic rings. The maximum absolute atomic E-state index is 14.0. The van der Waals surface area contributed by atoms with Gasteiger partial charge in [0.05, 0.1) is 11.0 Å². The van der Waals surface area contributed by atoms with Crippen LogP contribution in [0.5, 0.6) is 0 Å². The average molecular weight is 474 g/mol. The van der Waals surface area contributed by atoms with Crippen LogP contribution in [0.1, 0.15) is 27.8 Å². The summed E-state index contributed by atoms with van der Waals surface area (Å²) in [6, 6.07) is 32.3. The van der Waals surface area contributed by atoms with Crippen molar-refractivity contribution in [2.75, 3.05) is 0 Å². The van der Waals surface area contributed by atoms with E-state index in [-0.39, 0.29) is 0 Å². The molecular formula is C32H17F3O. The third-order valence-electron chi connectivity index (χ3n) is 7.92. The summed E-state index contributed by atoms with van der Waals surface area (Å²) in [5, 5.41) is 2.03. The van der Waals surface area contributed by atoms with E-state index in [1.807, 2.05) is 54.6 Å². The Hall–Kier alpha value is -4.31. The Balaban J connectivity index is 1.58. The molecule has 1 nitrogen and oxygen atoms in total. The van der Waals surface area contributed by atoms with Crippen LogP contribution in [-0.2, 0) is 11.6 Å². The van der Waals surface area contributed by atoms with Crippen molar-refractivity contribution in [1.29, 1.82) is 0 Å². The topological polar surface area (TPSA) is 13.1 Å². The number of hydrogen-bond donors (Lipinski definition) is 0. The van der Waals surface area contributed by atoms with Crippen molar-refractivity contribution < 1.29 is 17.6 Å². The molecule has 0 aliphatic heterocycles. The number of rotatable bonds is 0. The summed E-state index contributed by atoms with van der Waals surface area (Å²) in [5.41, 5.74) is 7.45. The van der Waals surface area contributed by atoms with E-state index in [0.717, 1.165) is 60.9 Å². The monoisotopic (exact) mass is 474 g/mol. The summed E-state index contributed by atoms with van der Waals surface area (Å²) < 4.78 is 48.3. The van der Waals surface area contributed by atoms with Crippen LogP contribution in [0.15, 0.2) is 108 Å². The van der Waals surface area contributed by atoms with Crippen LogP contribution in [0.25, 0.3) is 44.2 Å². The molecule has 2 aliphatic rings. The molecule has 36 heavy (non-hydrogen) atoms. The van der Waals surface area contributed by atoms with Crippen molar-refractivity contribution in [3.05, 3.63) is 131 Å². The van der Waals surface area contributed by atoms with Crippen LogP contribution < -0.4 is 0 Å². The van der Waals surface area contributed by atoms with E-state index in [4.69, 9.17) is 4.42 Å². The molecular weight excluding hydrogens is 457 g/mol. The normalized spacial score (nSPS) is 17.4. The van der Waals surface area contributed by atoms with Gasteiger partial charge >= 0.3 is 6.18 Å². The van der Waals surface area contributed by atoms with Crippen molar-refractivity contribution >= 4 is 21.9 Å². The van der Waals surface area contributed by atoms with E-state index < -0.39 is 17.2 Å². The van der Waals surface area contributed by atoms with Crippen molar-refractivity contribution in [3.8, 4) is 22.3 Å². The van der Waals surface area contributed by atoms with E-state index in [1.165, 1.54) is 12.1 Å². The molecule has 1 heterocycles. The van der Waals surface area contributed by atoms with E-state index in [1.54, 1.807) is 6.07 Å². The minimum Gasteiger partial charge on any atom is -0.455 e. The molecule has 2 aliphatic carbocycles. The van der Waals surface area contributed by atoms with Crippen molar-refractivity contribution in [2.24, 2.45) is 0 Å². The Bertz CT molecular complexity index is 1890. The second-order valence-corrected chi connectivity index (χ2v) is 9.56.